The second-order valence-electron chi connectivity index (χ2n) is 8.58. The normalized spacial score (nSPS) is 13.5. The summed E-state index contributed by atoms with van der Waals surface area (Å²) in [5.41, 5.74) is -0.174. The molecule has 1 aliphatic heterocycles. The van der Waals surface area contributed by atoms with Crippen molar-refractivity contribution >= 4 is 28.5 Å². The number of pyridine rings is 1. The second kappa shape index (κ2) is 10.6. The Bertz CT molecular complexity index is 1420. The number of piperidine rings is 1. The van der Waals surface area contributed by atoms with E-state index >= 15 is 0 Å². The van der Waals surface area contributed by atoms with Gasteiger partial charge in [-0.3, -0.25) is 23.5 Å². The number of aromatic nitrogens is 3. The zero-order chi connectivity index (χ0) is 25.8. The lowest BCUT2D eigenvalue weighted by atomic mass is 10.1. The number of fused-ring (bicyclic) bond motifs is 1. The molecule has 36 heavy (non-hydrogen) atoms. The van der Waals surface area contributed by atoms with E-state index in [2.05, 4.69) is 10.3 Å². The third kappa shape index (κ3) is 5.09. The third-order valence-corrected chi connectivity index (χ3v) is 6.12. The van der Waals surface area contributed by atoms with Gasteiger partial charge in [0.25, 0.3) is 17.4 Å². The van der Waals surface area contributed by atoms with Gasteiger partial charge in [-0.05, 0) is 50.5 Å². The van der Waals surface area contributed by atoms with Crippen LogP contribution >= 0.6 is 0 Å². The summed E-state index contributed by atoms with van der Waals surface area (Å²) >= 11 is 0. The molecule has 1 N–H and O–H groups in total. The van der Waals surface area contributed by atoms with Gasteiger partial charge in [0.15, 0.2) is 18.1 Å². The number of anilines is 1. The van der Waals surface area contributed by atoms with Gasteiger partial charge in [0.05, 0.1) is 23.9 Å². The van der Waals surface area contributed by atoms with Crippen LogP contribution in [0.2, 0.25) is 0 Å². The first kappa shape index (κ1) is 25.0. The SMILES string of the molecule is CCOc1cc(C(=O)Nc2cnc3c(c2)c(=O)n(C)c(=O)n3C)ccc1OCC(=O)N1CCCCC1. The summed E-state index contributed by atoms with van der Waals surface area (Å²) in [6.07, 6.45) is 4.51. The van der Waals surface area contributed by atoms with Gasteiger partial charge in [0, 0.05) is 32.7 Å². The lowest BCUT2D eigenvalue weighted by molar-refractivity contribution is -0.134. The van der Waals surface area contributed by atoms with Crippen molar-refractivity contribution in [1.29, 1.82) is 0 Å². The summed E-state index contributed by atoms with van der Waals surface area (Å²) in [4.78, 5) is 56.0. The third-order valence-electron chi connectivity index (χ3n) is 6.12. The number of amides is 2. The molecule has 0 bridgehead atoms. The molecule has 11 nitrogen and oxygen atoms in total. The Balaban J connectivity index is 1.51. The molecule has 190 valence electrons. The maximum Gasteiger partial charge on any atom is 0.332 e. The Morgan fingerprint density at radius 1 is 1.00 bits per heavy atom. The first-order chi connectivity index (χ1) is 17.3. The van der Waals surface area contributed by atoms with Crippen LogP contribution in [-0.4, -0.2) is 57.1 Å². The van der Waals surface area contributed by atoms with Crippen LogP contribution in [0.3, 0.4) is 0 Å². The van der Waals surface area contributed by atoms with Crippen molar-refractivity contribution in [2.45, 2.75) is 26.2 Å². The Morgan fingerprint density at radius 3 is 2.47 bits per heavy atom. The quantitative estimate of drug-likeness (QED) is 0.529. The van der Waals surface area contributed by atoms with Gasteiger partial charge in [-0.25, -0.2) is 9.78 Å². The number of rotatable bonds is 7. The summed E-state index contributed by atoms with van der Waals surface area (Å²) in [5.74, 6) is 0.189. The zero-order valence-corrected chi connectivity index (χ0v) is 20.6. The standard InChI is InChI=1S/C25H29N5O6/c1-4-35-20-12-16(8-9-19(20)36-15-21(31)30-10-6-5-7-11-30)23(32)27-17-13-18-22(26-14-17)28(2)25(34)29(3)24(18)33/h8-9,12-14H,4-7,10-11,15H2,1-3H3,(H,27,32). The molecule has 1 aliphatic rings. The fourth-order valence-electron chi connectivity index (χ4n) is 4.15. The zero-order valence-electron chi connectivity index (χ0n) is 20.6. The Kier molecular flexibility index (Phi) is 7.37. The van der Waals surface area contributed by atoms with Gasteiger partial charge in [0.1, 0.15) is 5.65 Å². The summed E-state index contributed by atoms with van der Waals surface area (Å²) in [6.45, 7) is 3.53. The topological polar surface area (TPSA) is 125 Å². The first-order valence-corrected chi connectivity index (χ1v) is 11.8. The molecule has 3 aromatic rings. The molecule has 1 aromatic carbocycles. The van der Waals surface area contributed by atoms with Gasteiger partial charge in [-0.1, -0.05) is 0 Å². The molecule has 0 radical (unpaired) electrons. The fraction of sp³-hybridized carbons (Fsp3) is 0.400. The largest absolute Gasteiger partial charge is 0.490 e. The molecular weight excluding hydrogens is 466 g/mol. The van der Waals surface area contributed by atoms with Crippen LogP contribution in [-0.2, 0) is 18.9 Å². The average molecular weight is 496 g/mol. The summed E-state index contributed by atoms with van der Waals surface area (Å²) in [6, 6.07) is 6.18. The number of ether oxygens (including phenoxy) is 2. The maximum absolute atomic E-state index is 12.9. The predicted octanol–water partition coefficient (Wildman–Crippen LogP) is 1.67. The molecule has 0 unspecified atom stereocenters. The minimum atomic E-state index is -0.504. The first-order valence-electron chi connectivity index (χ1n) is 11.8. The molecule has 0 aliphatic carbocycles. The van der Waals surface area contributed by atoms with Crippen LogP contribution < -0.4 is 26.0 Å². The van der Waals surface area contributed by atoms with Crippen LogP contribution in [0.25, 0.3) is 11.0 Å². The summed E-state index contributed by atoms with van der Waals surface area (Å²) < 4.78 is 13.6. The number of carbonyl (C=O) groups is 2. The van der Waals surface area contributed by atoms with Gasteiger partial charge in [0.2, 0.25) is 0 Å². The van der Waals surface area contributed by atoms with Crippen molar-refractivity contribution in [2.24, 2.45) is 14.1 Å². The van der Waals surface area contributed by atoms with E-state index in [1.165, 1.54) is 37.0 Å². The minimum absolute atomic E-state index is 0.0774. The van der Waals surface area contributed by atoms with Gasteiger partial charge in [-0.15, -0.1) is 0 Å². The van der Waals surface area contributed by atoms with Crippen molar-refractivity contribution in [3.8, 4) is 11.5 Å². The second-order valence-corrected chi connectivity index (χ2v) is 8.58. The maximum atomic E-state index is 12.9. The Labute approximate surface area is 207 Å². The van der Waals surface area contributed by atoms with Crippen molar-refractivity contribution in [3.63, 3.8) is 0 Å². The van der Waals surface area contributed by atoms with Crippen LogP contribution in [0.4, 0.5) is 5.69 Å². The smallest absolute Gasteiger partial charge is 0.332 e. The minimum Gasteiger partial charge on any atom is -0.490 e. The summed E-state index contributed by atoms with van der Waals surface area (Å²) in [7, 11) is 2.91. The van der Waals surface area contributed by atoms with Crippen molar-refractivity contribution in [3.05, 3.63) is 56.9 Å². The molecule has 0 saturated carbocycles. The molecule has 4 rings (SSSR count). The van der Waals surface area contributed by atoms with E-state index in [1.54, 1.807) is 17.0 Å². The van der Waals surface area contributed by atoms with Crippen molar-refractivity contribution in [2.75, 3.05) is 31.6 Å². The fourth-order valence-corrected chi connectivity index (χ4v) is 4.15. The highest BCUT2D eigenvalue weighted by Gasteiger charge is 2.19. The van der Waals surface area contributed by atoms with E-state index in [0.717, 1.165) is 36.9 Å². The van der Waals surface area contributed by atoms with Crippen molar-refractivity contribution in [1.82, 2.24) is 19.0 Å². The Morgan fingerprint density at radius 2 is 1.75 bits per heavy atom. The van der Waals surface area contributed by atoms with Gasteiger partial charge >= 0.3 is 5.69 Å². The molecule has 0 atom stereocenters. The van der Waals surface area contributed by atoms with Crippen LogP contribution in [0.5, 0.6) is 11.5 Å². The number of aryl methyl sites for hydroxylation is 1. The lowest BCUT2D eigenvalue weighted by Gasteiger charge is -2.26. The van der Waals surface area contributed by atoms with Crippen LogP contribution in [0, 0.1) is 0 Å². The van der Waals surface area contributed by atoms with E-state index < -0.39 is 17.2 Å². The molecule has 1 fully saturated rings. The average Bonchev–Trinajstić information content (AvgIpc) is 2.90. The van der Waals surface area contributed by atoms with E-state index in [1.807, 2.05) is 6.92 Å². The molecule has 3 heterocycles. The highest BCUT2D eigenvalue weighted by molar-refractivity contribution is 6.05. The highest BCUT2D eigenvalue weighted by atomic mass is 16.5. The van der Waals surface area contributed by atoms with Crippen LogP contribution in [0.1, 0.15) is 36.5 Å². The lowest BCUT2D eigenvalue weighted by Crippen LogP contribution is -2.38. The number of nitrogens with zero attached hydrogens (tertiary/aromatic N) is 4. The molecule has 11 heteroatoms. The van der Waals surface area contributed by atoms with Crippen molar-refractivity contribution < 1.29 is 19.1 Å². The molecular formula is C25H29N5O6. The number of carbonyl (C=O) groups excluding carboxylic acids is 2. The van der Waals surface area contributed by atoms with E-state index in [4.69, 9.17) is 9.47 Å². The molecule has 0 spiro atoms. The monoisotopic (exact) mass is 495 g/mol. The van der Waals surface area contributed by atoms with Crippen LogP contribution in [0.15, 0.2) is 40.1 Å². The van der Waals surface area contributed by atoms with E-state index in [-0.39, 0.29) is 23.5 Å². The van der Waals surface area contributed by atoms with Gasteiger partial charge < -0.3 is 19.7 Å². The van der Waals surface area contributed by atoms with E-state index in [9.17, 15) is 19.2 Å². The summed E-state index contributed by atoms with van der Waals surface area (Å²) in [5, 5.41) is 2.92. The molecule has 2 amide bonds. The number of hydrogen-bond acceptors (Lipinski definition) is 7. The number of nitrogens with one attached hydrogen (secondary N) is 1. The predicted molar refractivity (Wildman–Crippen MR) is 134 cm³/mol. The molecule has 1 saturated heterocycles. The number of hydrogen-bond donors (Lipinski definition) is 1. The highest BCUT2D eigenvalue weighted by Crippen LogP contribution is 2.29. The number of benzene rings is 1. The number of likely N-dealkylation sites (tertiary alicyclic amines) is 1. The Hall–Kier alpha value is -4.15. The van der Waals surface area contributed by atoms with Gasteiger partial charge in [-0.2, -0.15) is 0 Å². The molecule has 2 aromatic heterocycles. The van der Waals surface area contributed by atoms with E-state index in [0.29, 0.717) is 29.4 Å².